The third-order valence-corrected chi connectivity index (χ3v) is 5.69. The Balaban J connectivity index is 1.33. The molecule has 0 bridgehead atoms. The van der Waals surface area contributed by atoms with Gasteiger partial charge < -0.3 is 29.3 Å². The van der Waals surface area contributed by atoms with Gasteiger partial charge in [-0.1, -0.05) is 0 Å². The summed E-state index contributed by atoms with van der Waals surface area (Å²) >= 11 is 0. The molecule has 0 aliphatic carbocycles. The molecule has 1 fully saturated rings. The van der Waals surface area contributed by atoms with Crippen LogP contribution >= 0.6 is 0 Å². The molecule has 2 amide bonds. The highest BCUT2D eigenvalue weighted by Gasteiger charge is 2.23. The second-order valence-electron chi connectivity index (χ2n) is 8.67. The van der Waals surface area contributed by atoms with Crippen LogP contribution < -0.4 is 19.7 Å². The molecule has 0 spiro atoms. The van der Waals surface area contributed by atoms with Crippen molar-refractivity contribution in [3.63, 3.8) is 0 Å². The van der Waals surface area contributed by atoms with Crippen molar-refractivity contribution in [3.05, 3.63) is 48.8 Å². The van der Waals surface area contributed by atoms with Crippen LogP contribution in [0.4, 0.5) is 16.3 Å². The van der Waals surface area contributed by atoms with Gasteiger partial charge in [0.2, 0.25) is 0 Å². The maximum Gasteiger partial charge on any atom is 0.321 e. The molecule has 4 rings (SSSR count). The molecule has 186 valence electrons. The number of carbonyl (C=O) groups excluding carboxylic acids is 1. The van der Waals surface area contributed by atoms with Crippen molar-refractivity contribution in [1.29, 1.82) is 0 Å². The number of amides is 2. The van der Waals surface area contributed by atoms with Crippen LogP contribution in [-0.4, -0.2) is 73.5 Å². The van der Waals surface area contributed by atoms with E-state index in [0.717, 1.165) is 40.3 Å². The van der Waals surface area contributed by atoms with Gasteiger partial charge in [0.15, 0.2) is 0 Å². The van der Waals surface area contributed by atoms with E-state index in [1.165, 1.54) is 0 Å². The van der Waals surface area contributed by atoms with E-state index >= 15 is 0 Å². The number of ether oxygens (including phenoxy) is 3. The Hall–Kier alpha value is -3.59. The molecule has 1 aromatic heterocycles. The summed E-state index contributed by atoms with van der Waals surface area (Å²) in [7, 11) is 1.68. The highest BCUT2D eigenvalue weighted by atomic mass is 16.5. The maximum atomic E-state index is 12.8. The first kappa shape index (κ1) is 24.5. The lowest BCUT2D eigenvalue weighted by molar-refractivity contribution is 0.172. The van der Waals surface area contributed by atoms with E-state index in [4.69, 9.17) is 14.2 Å². The average molecular weight is 480 g/mol. The first-order valence-electron chi connectivity index (χ1n) is 12.0. The maximum absolute atomic E-state index is 12.8. The van der Waals surface area contributed by atoms with Gasteiger partial charge in [-0.05, 0) is 50.2 Å². The zero-order valence-electron chi connectivity index (χ0n) is 20.6. The first-order chi connectivity index (χ1) is 17.0. The summed E-state index contributed by atoms with van der Waals surface area (Å²) in [6.45, 7) is 7.82. The molecular formula is C26H33N5O4. The molecule has 9 nitrogen and oxygen atoms in total. The van der Waals surface area contributed by atoms with Crippen LogP contribution in [0.25, 0.3) is 10.9 Å². The van der Waals surface area contributed by atoms with Gasteiger partial charge in [-0.15, -0.1) is 0 Å². The predicted molar refractivity (Wildman–Crippen MR) is 137 cm³/mol. The second-order valence-corrected chi connectivity index (χ2v) is 8.67. The van der Waals surface area contributed by atoms with Gasteiger partial charge in [-0.25, -0.2) is 14.8 Å². The number of nitrogens with one attached hydrogen (secondary N) is 1. The number of rotatable bonds is 9. The number of urea groups is 1. The van der Waals surface area contributed by atoms with Crippen LogP contribution in [0.5, 0.6) is 11.5 Å². The summed E-state index contributed by atoms with van der Waals surface area (Å²) < 4.78 is 16.5. The molecular weight excluding hydrogens is 446 g/mol. The molecule has 1 aliphatic heterocycles. The summed E-state index contributed by atoms with van der Waals surface area (Å²) in [4.78, 5) is 25.8. The minimum absolute atomic E-state index is 0.106. The van der Waals surface area contributed by atoms with Gasteiger partial charge in [0.1, 0.15) is 23.6 Å². The molecule has 1 aliphatic rings. The topological polar surface area (TPSA) is 89.1 Å². The second kappa shape index (κ2) is 11.7. The third-order valence-electron chi connectivity index (χ3n) is 5.69. The highest BCUT2D eigenvalue weighted by molar-refractivity contribution is 5.91. The van der Waals surface area contributed by atoms with Crippen molar-refractivity contribution in [2.75, 3.05) is 56.7 Å². The Morgan fingerprint density at radius 1 is 1.00 bits per heavy atom. The van der Waals surface area contributed by atoms with Crippen molar-refractivity contribution >= 4 is 28.4 Å². The standard InChI is InChI=1S/C26H33N5O4/c1-19(2)35-21-7-5-20(6-8-21)29-26(32)31-13-11-30(12-14-31)25-23-10-9-22(34-16-4-15-33-3)17-24(23)27-18-28-25/h5-10,17-19H,4,11-16H2,1-3H3,(H,29,32). The third kappa shape index (κ3) is 6.51. The van der Waals surface area contributed by atoms with Crippen LogP contribution in [0.1, 0.15) is 20.3 Å². The Morgan fingerprint density at radius 3 is 2.46 bits per heavy atom. The highest BCUT2D eigenvalue weighted by Crippen LogP contribution is 2.27. The lowest BCUT2D eigenvalue weighted by atomic mass is 10.2. The number of benzene rings is 2. The predicted octanol–water partition coefficient (Wildman–Crippen LogP) is 4.19. The van der Waals surface area contributed by atoms with Gasteiger partial charge in [0.05, 0.1) is 18.2 Å². The molecule has 9 heteroatoms. The fourth-order valence-corrected chi connectivity index (χ4v) is 3.97. The number of hydrogen-bond acceptors (Lipinski definition) is 7. The number of nitrogens with zero attached hydrogens (tertiary/aromatic N) is 4. The van der Waals surface area contributed by atoms with Crippen molar-refractivity contribution in [3.8, 4) is 11.5 Å². The van der Waals surface area contributed by atoms with Crippen LogP contribution in [0.2, 0.25) is 0 Å². The normalized spacial score (nSPS) is 13.8. The van der Waals surface area contributed by atoms with Crippen LogP contribution in [-0.2, 0) is 4.74 Å². The molecule has 0 radical (unpaired) electrons. The van der Waals surface area contributed by atoms with E-state index in [1.807, 2.05) is 61.2 Å². The van der Waals surface area contributed by atoms with Gasteiger partial charge >= 0.3 is 6.03 Å². The number of aromatic nitrogens is 2. The van der Waals surface area contributed by atoms with Gasteiger partial charge in [0, 0.05) is 63.5 Å². The minimum Gasteiger partial charge on any atom is -0.493 e. The van der Waals surface area contributed by atoms with Gasteiger partial charge in [-0.3, -0.25) is 0 Å². The fraction of sp³-hybridized carbons (Fsp3) is 0.423. The number of methoxy groups -OCH3 is 1. The van der Waals surface area contributed by atoms with Gasteiger partial charge in [-0.2, -0.15) is 0 Å². The SMILES string of the molecule is COCCCOc1ccc2c(N3CCN(C(=O)Nc4ccc(OC(C)C)cc4)CC3)ncnc2c1. The zero-order valence-corrected chi connectivity index (χ0v) is 20.6. The lowest BCUT2D eigenvalue weighted by Crippen LogP contribution is -2.50. The summed E-state index contributed by atoms with van der Waals surface area (Å²) in [6.07, 6.45) is 2.53. The van der Waals surface area contributed by atoms with Crippen molar-refractivity contribution in [1.82, 2.24) is 14.9 Å². The molecule has 0 saturated carbocycles. The smallest absolute Gasteiger partial charge is 0.321 e. The average Bonchev–Trinajstić information content (AvgIpc) is 2.87. The van der Waals surface area contributed by atoms with Crippen LogP contribution in [0.15, 0.2) is 48.8 Å². The summed E-state index contributed by atoms with van der Waals surface area (Å²) in [5, 5.41) is 3.94. The molecule has 0 atom stereocenters. The van der Waals surface area contributed by atoms with Crippen LogP contribution in [0.3, 0.4) is 0 Å². The largest absolute Gasteiger partial charge is 0.493 e. The number of carbonyl (C=O) groups is 1. The fourth-order valence-electron chi connectivity index (χ4n) is 3.97. The summed E-state index contributed by atoms with van der Waals surface area (Å²) in [5.41, 5.74) is 1.58. The molecule has 2 aromatic carbocycles. The molecule has 1 N–H and O–H groups in total. The monoisotopic (exact) mass is 479 g/mol. The van der Waals surface area contributed by atoms with E-state index in [1.54, 1.807) is 13.4 Å². The number of piperazine rings is 1. The molecule has 2 heterocycles. The summed E-state index contributed by atoms with van der Waals surface area (Å²) in [5.74, 6) is 2.44. The summed E-state index contributed by atoms with van der Waals surface area (Å²) in [6, 6.07) is 13.2. The Labute approximate surface area is 206 Å². The van der Waals surface area contributed by atoms with Crippen molar-refractivity contribution in [2.45, 2.75) is 26.4 Å². The van der Waals surface area contributed by atoms with E-state index < -0.39 is 0 Å². The Bertz CT molecular complexity index is 1110. The van der Waals surface area contributed by atoms with Crippen molar-refractivity contribution in [2.24, 2.45) is 0 Å². The van der Waals surface area contributed by atoms with Crippen LogP contribution in [0, 0.1) is 0 Å². The van der Waals surface area contributed by atoms with E-state index in [-0.39, 0.29) is 12.1 Å². The molecule has 3 aromatic rings. The molecule has 1 saturated heterocycles. The van der Waals surface area contributed by atoms with E-state index in [0.29, 0.717) is 39.4 Å². The van der Waals surface area contributed by atoms with Gasteiger partial charge in [0.25, 0.3) is 0 Å². The number of hydrogen-bond donors (Lipinski definition) is 1. The van der Waals surface area contributed by atoms with E-state index in [9.17, 15) is 4.79 Å². The first-order valence-corrected chi connectivity index (χ1v) is 12.0. The number of fused-ring (bicyclic) bond motifs is 1. The van der Waals surface area contributed by atoms with Crippen molar-refractivity contribution < 1.29 is 19.0 Å². The zero-order chi connectivity index (χ0) is 24.6. The number of anilines is 2. The minimum atomic E-state index is -0.106. The molecule has 0 unspecified atom stereocenters. The Kier molecular flexibility index (Phi) is 8.20. The lowest BCUT2D eigenvalue weighted by Gasteiger charge is -2.35. The Morgan fingerprint density at radius 2 is 1.74 bits per heavy atom. The van der Waals surface area contributed by atoms with E-state index in [2.05, 4.69) is 20.2 Å². The quantitative estimate of drug-likeness (QED) is 0.461. The molecule has 35 heavy (non-hydrogen) atoms.